The van der Waals surface area contributed by atoms with Crippen molar-refractivity contribution in [2.45, 2.75) is 10.6 Å². The third kappa shape index (κ3) is 6.05. The minimum Gasteiger partial charge on any atom is -0.497 e. The van der Waals surface area contributed by atoms with Crippen LogP contribution in [0.3, 0.4) is 0 Å². The average Bonchev–Trinajstić information content (AvgIpc) is 2.84. The normalized spacial score (nSPS) is 11.1. The van der Waals surface area contributed by atoms with Crippen LogP contribution in [-0.4, -0.2) is 24.2 Å². The van der Waals surface area contributed by atoms with Gasteiger partial charge in [0.1, 0.15) is 10.9 Å². The average molecular weight is 496 g/mol. The highest BCUT2D eigenvalue weighted by Gasteiger charge is 2.07. The minimum atomic E-state index is -0.308. The second-order valence-electron chi connectivity index (χ2n) is 7.07. The van der Waals surface area contributed by atoms with E-state index in [0.717, 1.165) is 32.1 Å². The Kier molecular flexibility index (Phi) is 7.50. The lowest BCUT2D eigenvalue weighted by Crippen LogP contribution is -2.17. The summed E-state index contributed by atoms with van der Waals surface area (Å²) in [4.78, 5) is 17.9. The van der Waals surface area contributed by atoms with Crippen molar-refractivity contribution in [3.63, 3.8) is 0 Å². The number of pyridine rings is 1. The van der Waals surface area contributed by atoms with Crippen molar-refractivity contribution in [3.8, 4) is 5.75 Å². The molecule has 4 rings (SSSR count). The molecule has 166 valence electrons. The maximum atomic E-state index is 12.4. The zero-order valence-electron chi connectivity index (χ0n) is 17.6. The van der Waals surface area contributed by atoms with Gasteiger partial charge in [0.25, 0.3) is 5.91 Å². The molecule has 1 N–H and O–H groups in total. The molecule has 0 unspecified atom stereocenters. The van der Waals surface area contributed by atoms with Crippen molar-refractivity contribution in [1.29, 1.82) is 0 Å². The Bertz CT molecular complexity index is 1310. The highest BCUT2D eigenvalue weighted by molar-refractivity contribution is 7.98. The minimum absolute atomic E-state index is 0.288. The molecule has 1 amide bonds. The maximum absolute atomic E-state index is 12.4. The van der Waals surface area contributed by atoms with Gasteiger partial charge in [-0.05, 0) is 60.2 Å². The molecular weight excluding hydrogens is 477 g/mol. The number of nitrogens with zero attached hydrogens (tertiary/aromatic N) is 2. The van der Waals surface area contributed by atoms with Gasteiger partial charge in [0.15, 0.2) is 0 Å². The summed E-state index contributed by atoms with van der Waals surface area (Å²) in [6.45, 7) is 0. The van der Waals surface area contributed by atoms with Crippen LogP contribution in [0.1, 0.15) is 21.5 Å². The van der Waals surface area contributed by atoms with Crippen LogP contribution in [0.5, 0.6) is 5.75 Å². The van der Waals surface area contributed by atoms with E-state index in [2.05, 4.69) is 15.5 Å². The van der Waals surface area contributed by atoms with Crippen LogP contribution in [-0.2, 0) is 5.75 Å². The van der Waals surface area contributed by atoms with Crippen LogP contribution in [0.25, 0.3) is 10.9 Å². The van der Waals surface area contributed by atoms with Crippen molar-refractivity contribution >= 4 is 58.0 Å². The number of hydrogen-bond acceptors (Lipinski definition) is 5. The first-order valence-corrected chi connectivity index (χ1v) is 11.7. The number of thioether (sulfide) groups is 1. The second-order valence-corrected chi connectivity index (χ2v) is 8.91. The molecule has 4 aromatic rings. The summed E-state index contributed by atoms with van der Waals surface area (Å²) in [6.07, 6.45) is 1.48. The van der Waals surface area contributed by atoms with E-state index in [1.54, 1.807) is 31.0 Å². The number of nitrogens with one attached hydrogen (secondary N) is 1. The molecule has 0 radical (unpaired) electrons. The molecule has 5 nitrogen and oxygen atoms in total. The van der Waals surface area contributed by atoms with E-state index >= 15 is 0 Å². The van der Waals surface area contributed by atoms with Gasteiger partial charge in [-0.15, -0.1) is 11.8 Å². The van der Waals surface area contributed by atoms with Gasteiger partial charge in [0, 0.05) is 38.3 Å². The topological polar surface area (TPSA) is 63.6 Å². The number of benzene rings is 3. The molecule has 0 saturated heterocycles. The summed E-state index contributed by atoms with van der Waals surface area (Å²) < 4.78 is 5.21. The molecule has 8 heteroatoms. The molecule has 0 aliphatic rings. The van der Waals surface area contributed by atoms with Gasteiger partial charge in [0.2, 0.25) is 0 Å². The Balaban J connectivity index is 1.36. The third-order valence-corrected chi connectivity index (χ3v) is 6.45. The molecular formula is C25H19Cl2N3O2S. The highest BCUT2D eigenvalue weighted by atomic mass is 35.5. The standard InChI is InChI=1S/C25H19Cl2N3O2S/c1-32-21-9-6-18-12-19(24(27)29-23(18)13-21)14-28-30-25(31)17-4-2-16(3-5-17)15-33-22-10-7-20(26)8-11-22/h2-14H,15H2,1H3,(H,30,31)/b28-14-. The summed E-state index contributed by atoms with van der Waals surface area (Å²) in [5.74, 6) is 1.19. The fourth-order valence-electron chi connectivity index (χ4n) is 3.03. The number of hydrogen-bond donors (Lipinski definition) is 1. The molecule has 33 heavy (non-hydrogen) atoms. The van der Waals surface area contributed by atoms with Gasteiger partial charge < -0.3 is 4.74 Å². The number of ether oxygens (including phenoxy) is 1. The molecule has 0 aliphatic heterocycles. The quantitative estimate of drug-likeness (QED) is 0.135. The molecule has 0 spiro atoms. The lowest BCUT2D eigenvalue weighted by molar-refractivity contribution is 0.0955. The summed E-state index contributed by atoms with van der Waals surface area (Å²) in [7, 11) is 1.60. The molecule has 1 heterocycles. The Hall–Kier alpha value is -3.06. The molecule has 0 bridgehead atoms. The third-order valence-electron chi connectivity index (χ3n) is 4.81. The first-order chi connectivity index (χ1) is 16.0. The Morgan fingerprint density at radius 2 is 1.82 bits per heavy atom. The van der Waals surface area contributed by atoms with E-state index in [9.17, 15) is 4.79 Å². The second kappa shape index (κ2) is 10.7. The van der Waals surface area contributed by atoms with Gasteiger partial charge in [-0.3, -0.25) is 4.79 Å². The van der Waals surface area contributed by atoms with Crippen molar-refractivity contribution in [3.05, 3.63) is 99.7 Å². The zero-order valence-corrected chi connectivity index (χ0v) is 19.9. The van der Waals surface area contributed by atoms with Crippen LogP contribution in [0, 0.1) is 0 Å². The van der Waals surface area contributed by atoms with Crippen LogP contribution in [0.4, 0.5) is 0 Å². The van der Waals surface area contributed by atoms with Gasteiger partial charge in [-0.2, -0.15) is 5.10 Å². The van der Waals surface area contributed by atoms with E-state index in [4.69, 9.17) is 27.9 Å². The lowest BCUT2D eigenvalue weighted by Gasteiger charge is -2.05. The summed E-state index contributed by atoms with van der Waals surface area (Å²) in [5, 5.41) is 5.93. The molecule has 0 fully saturated rings. The van der Waals surface area contributed by atoms with E-state index in [1.165, 1.54) is 6.21 Å². The number of amides is 1. The Morgan fingerprint density at radius 3 is 2.55 bits per heavy atom. The number of fused-ring (bicyclic) bond motifs is 1. The number of carbonyl (C=O) groups excluding carboxylic acids is 1. The van der Waals surface area contributed by atoms with Gasteiger partial charge >= 0.3 is 0 Å². The molecule has 0 saturated carbocycles. The van der Waals surface area contributed by atoms with Crippen LogP contribution in [0.15, 0.2) is 82.8 Å². The molecule has 3 aromatic carbocycles. The molecule has 0 aliphatic carbocycles. The summed E-state index contributed by atoms with van der Waals surface area (Å²) in [6, 6.07) is 22.5. The molecule has 0 atom stereocenters. The number of aromatic nitrogens is 1. The zero-order chi connectivity index (χ0) is 23.2. The van der Waals surface area contributed by atoms with E-state index < -0.39 is 0 Å². The molecule has 1 aromatic heterocycles. The predicted octanol–water partition coefficient (Wildman–Crippen LogP) is 6.61. The van der Waals surface area contributed by atoms with Crippen LogP contribution < -0.4 is 10.2 Å². The largest absolute Gasteiger partial charge is 0.497 e. The monoisotopic (exact) mass is 495 g/mol. The van der Waals surface area contributed by atoms with Crippen molar-refractivity contribution < 1.29 is 9.53 Å². The fraction of sp³-hybridized carbons (Fsp3) is 0.0800. The van der Waals surface area contributed by atoms with E-state index in [1.807, 2.05) is 60.7 Å². The number of methoxy groups -OCH3 is 1. The van der Waals surface area contributed by atoms with Crippen LogP contribution >= 0.6 is 35.0 Å². The smallest absolute Gasteiger partial charge is 0.271 e. The lowest BCUT2D eigenvalue weighted by atomic mass is 10.1. The summed E-state index contributed by atoms with van der Waals surface area (Å²) >= 11 is 13.9. The highest BCUT2D eigenvalue weighted by Crippen LogP contribution is 2.25. The first kappa shape index (κ1) is 23.1. The number of halogens is 2. The van der Waals surface area contributed by atoms with E-state index in [0.29, 0.717) is 16.9 Å². The SMILES string of the molecule is COc1ccc2cc(/C=N\NC(=O)c3ccc(CSc4ccc(Cl)cc4)cc3)c(Cl)nc2c1. The number of carbonyl (C=O) groups is 1. The van der Waals surface area contributed by atoms with Crippen molar-refractivity contribution in [2.75, 3.05) is 7.11 Å². The predicted molar refractivity (Wildman–Crippen MR) is 136 cm³/mol. The number of rotatable bonds is 7. The van der Waals surface area contributed by atoms with Gasteiger partial charge in [-0.25, -0.2) is 10.4 Å². The van der Waals surface area contributed by atoms with Crippen molar-refractivity contribution in [1.82, 2.24) is 10.4 Å². The van der Waals surface area contributed by atoms with Gasteiger partial charge in [0.05, 0.1) is 18.8 Å². The van der Waals surface area contributed by atoms with Crippen LogP contribution in [0.2, 0.25) is 10.2 Å². The number of hydrazone groups is 1. The van der Waals surface area contributed by atoms with Crippen molar-refractivity contribution in [2.24, 2.45) is 5.10 Å². The van der Waals surface area contributed by atoms with Gasteiger partial charge in [-0.1, -0.05) is 35.3 Å². The Labute approximate surface area is 205 Å². The maximum Gasteiger partial charge on any atom is 0.271 e. The summed E-state index contributed by atoms with van der Waals surface area (Å²) in [5.41, 5.74) is 5.48. The first-order valence-electron chi connectivity index (χ1n) is 9.97. The Morgan fingerprint density at radius 1 is 1.06 bits per heavy atom. The fourth-order valence-corrected chi connectivity index (χ4v) is 4.21. The van der Waals surface area contributed by atoms with E-state index in [-0.39, 0.29) is 11.1 Å².